The quantitative estimate of drug-likeness (QED) is 0.802. The molecular formula is C11H17ClN2. The van der Waals surface area contributed by atoms with Gasteiger partial charge in [-0.2, -0.15) is 0 Å². The molecule has 0 spiro atoms. The van der Waals surface area contributed by atoms with Crippen LogP contribution in [0.5, 0.6) is 0 Å². The Morgan fingerprint density at radius 2 is 1.79 bits per heavy atom. The van der Waals surface area contributed by atoms with Crippen molar-refractivity contribution in [3.8, 4) is 0 Å². The van der Waals surface area contributed by atoms with Crippen LogP contribution in [0.3, 0.4) is 0 Å². The average Bonchev–Trinajstić information content (AvgIpc) is 2.08. The molecule has 78 valence electrons. The van der Waals surface area contributed by atoms with E-state index in [4.69, 9.17) is 11.6 Å². The summed E-state index contributed by atoms with van der Waals surface area (Å²) >= 11 is 5.80. The van der Waals surface area contributed by atoms with Gasteiger partial charge in [-0.15, -0.1) is 0 Å². The van der Waals surface area contributed by atoms with Crippen LogP contribution in [0, 0.1) is 0 Å². The molecule has 0 unspecified atom stereocenters. The lowest BCUT2D eigenvalue weighted by molar-refractivity contribution is 0.530. The third-order valence-electron chi connectivity index (χ3n) is 1.95. The largest absolute Gasteiger partial charge is 0.379 e. The Morgan fingerprint density at radius 3 is 2.29 bits per heavy atom. The maximum absolute atomic E-state index is 5.80. The smallest absolute Gasteiger partial charge is 0.0441 e. The van der Waals surface area contributed by atoms with Crippen molar-refractivity contribution in [2.45, 2.75) is 19.4 Å². The molecular weight excluding hydrogens is 196 g/mol. The van der Waals surface area contributed by atoms with E-state index in [0.717, 1.165) is 17.3 Å². The van der Waals surface area contributed by atoms with Gasteiger partial charge in [-0.1, -0.05) is 11.6 Å². The molecule has 1 aromatic rings. The van der Waals surface area contributed by atoms with Gasteiger partial charge < -0.3 is 10.6 Å². The standard InChI is InChI=1S/C11H17ClN2/c1-11(2,8-13-3)14-10-6-4-9(12)5-7-10/h4-7,13-14H,8H2,1-3H3. The fraction of sp³-hybridized carbons (Fsp3) is 0.455. The number of hydrogen-bond acceptors (Lipinski definition) is 2. The first-order valence-corrected chi connectivity index (χ1v) is 5.10. The van der Waals surface area contributed by atoms with Gasteiger partial charge in [0, 0.05) is 22.8 Å². The van der Waals surface area contributed by atoms with Crippen LogP contribution in [0.4, 0.5) is 5.69 Å². The van der Waals surface area contributed by atoms with E-state index in [1.54, 1.807) is 0 Å². The summed E-state index contributed by atoms with van der Waals surface area (Å²) in [7, 11) is 1.95. The SMILES string of the molecule is CNCC(C)(C)Nc1ccc(Cl)cc1. The second-order valence-corrected chi connectivity index (χ2v) is 4.48. The fourth-order valence-electron chi connectivity index (χ4n) is 1.41. The Bertz CT molecular complexity index is 280. The average molecular weight is 213 g/mol. The van der Waals surface area contributed by atoms with Crippen molar-refractivity contribution in [1.82, 2.24) is 5.32 Å². The van der Waals surface area contributed by atoms with Crippen LogP contribution in [-0.4, -0.2) is 19.1 Å². The molecule has 0 bridgehead atoms. The second kappa shape index (κ2) is 4.67. The zero-order chi connectivity index (χ0) is 10.6. The number of likely N-dealkylation sites (N-methyl/N-ethyl adjacent to an activating group) is 1. The molecule has 0 aliphatic rings. The number of benzene rings is 1. The van der Waals surface area contributed by atoms with Crippen molar-refractivity contribution in [1.29, 1.82) is 0 Å². The molecule has 14 heavy (non-hydrogen) atoms. The highest BCUT2D eigenvalue weighted by Crippen LogP contribution is 2.17. The van der Waals surface area contributed by atoms with Crippen LogP contribution in [-0.2, 0) is 0 Å². The first-order chi connectivity index (χ1) is 6.53. The second-order valence-electron chi connectivity index (χ2n) is 4.05. The summed E-state index contributed by atoms with van der Waals surface area (Å²) in [4.78, 5) is 0. The van der Waals surface area contributed by atoms with Gasteiger partial charge >= 0.3 is 0 Å². The zero-order valence-electron chi connectivity index (χ0n) is 8.89. The van der Waals surface area contributed by atoms with Crippen LogP contribution < -0.4 is 10.6 Å². The summed E-state index contributed by atoms with van der Waals surface area (Å²) in [5.74, 6) is 0. The van der Waals surface area contributed by atoms with Crippen LogP contribution in [0.15, 0.2) is 24.3 Å². The molecule has 0 saturated heterocycles. The molecule has 2 nitrogen and oxygen atoms in total. The molecule has 2 N–H and O–H groups in total. The first kappa shape index (κ1) is 11.3. The van der Waals surface area contributed by atoms with E-state index in [2.05, 4.69) is 24.5 Å². The number of rotatable bonds is 4. The predicted octanol–water partition coefficient (Wildman–Crippen LogP) is 2.75. The number of anilines is 1. The summed E-state index contributed by atoms with van der Waals surface area (Å²) in [6, 6.07) is 7.75. The highest BCUT2D eigenvalue weighted by molar-refractivity contribution is 6.30. The fourth-order valence-corrected chi connectivity index (χ4v) is 1.54. The molecule has 0 saturated carbocycles. The molecule has 0 aromatic heterocycles. The van der Waals surface area contributed by atoms with Gasteiger partial charge in [0.2, 0.25) is 0 Å². The summed E-state index contributed by atoms with van der Waals surface area (Å²) in [5.41, 5.74) is 1.14. The van der Waals surface area contributed by atoms with Crippen molar-refractivity contribution in [3.05, 3.63) is 29.3 Å². The van der Waals surface area contributed by atoms with Gasteiger partial charge in [0.1, 0.15) is 0 Å². The number of nitrogens with one attached hydrogen (secondary N) is 2. The summed E-state index contributed by atoms with van der Waals surface area (Å²) in [5, 5.41) is 7.34. The Kier molecular flexibility index (Phi) is 3.78. The van der Waals surface area contributed by atoms with Crippen LogP contribution in [0.1, 0.15) is 13.8 Å². The van der Waals surface area contributed by atoms with E-state index >= 15 is 0 Å². The summed E-state index contributed by atoms with van der Waals surface area (Å²) < 4.78 is 0. The molecule has 0 atom stereocenters. The minimum absolute atomic E-state index is 0.0442. The molecule has 0 amide bonds. The maximum atomic E-state index is 5.80. The van der Waals surface area contributed by atoms with Crippen LogP contribution in [0.2, 0.25) is 5.02 Å². The third-order valence-corrected chi connectivity index (χ3v) is 2.20. The van der Waals surface area contributed by atoms with Crippen molar-refractivity contribution in [3.63, 3.8) is 0 Å². The van der Waals surface area contributed by atoms with E-state index in [9.17, 15) is 0 Å². The summed E-state index contributed by atoms with van der Waals surface area (Å²) in [6.07, 6.45) is 0. The topological polar surface area (TPSA) is 24.1 Å². The van der Waals surface area contributed by atoms with Gasteiger partial charge in [-0.25, -0.2) is 0 Å². The molecule has 0 heterocycles. The van der Waals surface area contributed by atoms with Gasteiger partial charge in [-0.3, -0.25) is 0 Å². The highest BCUT2D eigenvalue weighted by Gasteiger charge is 2.15. The van der Waals surface area contributed by atoms with Crippen molar-refractivity contribution >= 4 is 17.3 Å². The number of hydrogen-bond donors (Lipinski definition) is 2. The molecule has 3 heteroatoms. The van der Waals surface area contributed by atoms with Gasteiger partial charge in [0.05, 0.1) is 0 Å². The summed E-state index contributed by atoms with van der Waals surface area (Å²) in [6.45, 7) is 5.21. The van der Waals surface area contributed by atoms with E-state index < -0.39 is 0 Å². The van der Waals surface area contributed by atoms with E-state index in [-0.39, 0.29) is 5.54 Å². The van der Waals surface area contributed by atoms with Gasteiger partial charge in [-0.05, 0) is 45.2 Å². The van der Waals surface area contributed by atoms with Crippen LogP contribution >= 0.6 is 11.6 Å². The lowest BCUT2D eigenvalue weighted by atomic mass is 10.1. The molecule has 0 fully saturated rings. The van der Waals surface area contributed by atoms with E-state index in [1.807, 2.05) is 31.3 Å². The Labute approximate surface area is 90.7 Å². The minimum atomic E-state index is 0.0442. The molecule has 0 radical (unpaired) electrons. The minimum Gasteiger partial charge on any atom is -0.379 e. The molecule has 1 aromatic carbocycles. The Hall–Kier alpha value is -0.730. The van der Waals surface area contributed by atoms with Crippen molar-refractivity contribution in [2.75, 3.05) is 18.9 Å². The highest BCUT2D eigenvalue weighted by atomic mass is 35.5. The van der Waals surface area contributed by atoms with Crippen molar-refractivity contribution < 1.29 is 0 Å². The maximum Gasteiger partial charge on any atom is 0.0441 e. The van der Waals surface area contributed by atoms with Crippen LogP contribution in [0.25, 0.3) is 0 Å². The van der Waals surface area contributed by atoms with E-state index in [0.29, 0.717) is 0 Å². The Balaban J connectivity index is 2.64. The van der Waals surface area contributed by atoms with Gasteiger partial charge in [0.25, 0.3) is 0 Å². The van der Waals surface area contributed by atoms with Gasteiger partial charge in [0.15, 0.2) is 0 Å². The normalized spacial score (nSPS) is 11.4. The number of halogens is 1. The third kappa shape index (κ3) is 3.56. The zero-order valence-corrected chi connectivity index (χ0v) is 9.65. The lowest BCUT2D eigenvalue weighted by Gasteiger charge is -2.27. The monoisotopic (exact) mass is 212 g/mol. The first-order valence-electron chi connectivity index (χ1n) is 4.72. The Morgan fingerprint density at radius 1 is 1.21 bits per heavy atom. The molecule has 0 aliphatic heterocycles. The molecule has 0 aliphatic carbocycles. The van der Waals surface area contributed by atoms with E-state index in [1.165, 1.54) is 0 Å². The predicted molar refractivity (Wildman–Crippen MR) is 63.1 cm³/mol. The van der Waals surface area contributed by atoms with Crippen molar-refractivity contribution in [2.24, 2.45) is 0 Å². The lowest BCUT2D eigenvalue weighted by Crippen LogP contribution is -2.40. The molecule has 1 rings (SSSR count).